The second kappa shape index (κ2) is 12.9. The van der Waals surface area contributed by atoms with E-state index in [0.717, 1.165) is 18.4 Å². The molecule has 3 fully saturated rings. The van der Waals surface area contributed by atoms with Crippen LogP contribution in [-0.2, 0) is 14.4 Å². The monoisotopic (exact) mass is 601 g/mol. The van der Waals surface area contributed by atoms with E-state index in [4.69, 9.17) is 11.6 Å². The molecule has 0 aliphatic carbocycles. The lowest BCUT2D eigenvalue weighted by atomic mass is 9.70. The Balaban J connectivity index is 1.85. The summed E-state index contributed by atoms with van der Waals surface area (Å²) in [6, 6.07) is 4.14. The number of anilines is 1. The number of rotatable bonds is 13. The number of carbonyl (C=O) groups is 3. The van der Waals surface area contributed by atoms with Gasteiger partial charge in [0.25, 0.3) is 5.91 Å². The largest absolute Gasteiger partial charge is 0.394 e. The van der Waals surface area contributed by atoms with E-state index in [1.807, 2.05) is 39.8 Å². The van der Waals surface area contributed by atoms with E-state index in [9.17, 15) is 19.5 Å². The van der Waals surface area contributed by atoms with Gasteiger partial charge in [-0.25, -0.2) is 0 Å². The molecule has 1 aromatic rings. The van der Waals surface area contributed by atoms with Crippen LogP contribution in [-0.4, -0.2) is 80.9 Å². The predicted octanol–water partition coefficient (Wildman–Crippen LogP) is 5.09. The van der Waals surface area contributed by atoms with Gasteiger partial charge in [0.2, 0.25) is 11.8 Å². The van der Waals surface area contributed by atoms with Gasteiger partial charge in [-0.2, -0.15) is 0 Å². The first-order valence-corrected chi connectivity index (χ1v) is 16.0. The molecule has 3 saturated heterocycles. The fourth-order valence-electron chi connectivity index (χ4n) is 7.33. The van der Waals surface area contributed by atoms with Gasteiger partial charge in [0.05, 0.1) is 39.9 Å². The standard InChI is InChI=1S/C32H44ClN3O4S/c1-7-15-34(16-8-2)29(38)25-24-13-14-32(41-24)26(25)30(39)36(22(19-37)18-20(4)5)28(32)31(40)35(17-9-3)27-21(6)11-10-12-23(27)33/h7,9-12,20,22,24-26,28,37H,1,3,8,13-19H2,2,4-6H3/t22-,24-,25+,26+,28?,32?/m1/s1. The minimum absolute atomic E-state index is 0.0356. The number of amides is 3. The van der Waals surface area contributed by atoms with Crippen molar-refractivity contribution in [2.24, 2.45) is 17.8 Å². The van der Waals surface area contributed by atoms with Gasteiger partial charge in [0, 0.05) is 24.9 Å². The zero-order valence-electron chi connectivity index (χ0n) is 24.7. The zero-order chi connectivity index (χ0) is 30.1. The Bertz CT molecular complexity index is 1170. The molecule has 3 aliphatic heterocycles. The van der Waals surface area contributed by atoms with Crippen LogP contribution in [0.1, 0.15) is 52.0 Å². The summed E-state index contributed by atoms with van der Waals surface area (Å²) in [7, 11) is 0. The van der Waals surface area contributed by atoms with Gasteiger partial charge >= 0.3 is 0 Å². The van der Waals surface area contributed by atoms with Crippen LogP contribution in [0.3, 0.4) is 0 Å². The highest BCUT2D eigenvalue weighted by atomic mass is 35.5. The summed E-state index contributed by atoms with van der Waals surface area (Å²) in [5, 5.41) is 11.0. The third-order valence-electron chi connectivity index (χ3n) is 8.80. The number of aliphatic hydroxyl groups is 1. The van der Waals surface area contributed by atoms with E-state index in [1.165, 1.54) is 0 Å². The SMILES string of the molecule is C=CCN(CCC)C(=O)[C@@H]1[C@H]2C(=O)N([C@@H](CO)CC(C)C)C(C(=O)N(CC=C)c3c(C)cccc3Cl)C23CC[C@H]1S3. The number of carbonyl (C=O) groups excluding carboxylic acids is 3. The highest BCUT2D eigenvalue weighted by Crippen LogP contribution is 2.67. The van der Waals surface area contributed by atoms with Crippen LogP contribution >= 0.6 is 23.4 Å². The summed E-state index contributed by atoms with van der Waals surface area (Å²) in [4.78, 5) is 48.6. The van der Waals surface area contributed by atoms with Crippen molar-refractivity contribution in [1.82, 2.24) is 9.80 Å². The van der Waals surface area contributed by atoms with Crippen molar-refractivity contribution in [3.63, 3.8) is 0 Å². The minimum Gasteiger partial charge on any atom is -0.394 e. The molecule has 0 saturated carbocycles. The predicted molar refractivity (Wildman–Crippen MR) is 167 cm³/mol. The topological polar surface area (TPSA) is 81.2 Å². The summed E-state index contributed by atoms with van der Waals surface area (Å²) >= 11 is 8.31. The normalized spacial score (nSPS) is 27.2. The Morgan fingerprint density at radius 3 is 2.54 bits per heavy atom. The maximum Gasteiger partial charge on any atom is 0.251 e. The number of aliphatic hydroxyl groups excluding tert-OH is 1. The molecule has 1 N–H and O–H groups in total. The maximum absolute atomic E-state index is 14.9. The molecule has 41 heavy (non-hydrogen) atoms. The fraction of sp³-hybridized carbons (Fsp3) is 0.594. The molecule has 1 aromatic carbocycles. The second-order valence-electron chi connectivity index (χ2n) is 12.0. The van der Waals surface area contributed by atoms with Crippen LogP contribution in [0.5, 0.6) is 0 Å². The summed E-state index contributed by atoms with van der Waals surface area (Å²) < 4.78 is -0.760. The molecule has 2 bridgehead atoms. The molecule has 1 spiro atoms. The smallest absolute Gasteiger partial charge is 0.251 e. The van der Waals surface area contributed by atoms with E-state index in [1.54, 1.807) is 44.7 Å². The number of halogens is 1. The Morgan fingerprint density at radius 2 is 1.95 bits per heavy atom. The molecule has 4 rings (SSSR count). The van der Waals surface area contributed by atoms with Crippen LogP contribution in [0.25, 0.3) is 0 Å². The number of likely N-dealkylation sites (tertiary alicyclic amines) is 1. The molecule has 7 nitrogen and oxygen atoms in total. The summed E-state index contributed by atoms with van der Waals surface area (Å²) in [5.41, 5.74) is 1.44. The quantitative estimate of drug-likeness (QED) is 0.319. The van der Waals surface area contributed by atoms with Crippen molar-refractivity contribution in [3.05, 3.63) is 54.1 Å². The molecule has 3 heterocycles. The molecule has 0 aromatic heterocycles. The summed E-state index contributed by atoms with van der Waals surface area (Å²) in [6.45, 7) is 16.7. The Kier molecular flexibility index (Phi) is 9.97. The van der Waals surface area contributed by atoms with Crippen LogP contribution in [0.4, 0.5) is 5.69 Å². The highest BCUT2D eigenvalue weighted by molar-refractivity contribution is 8.02. The molecular weight excluding hydrogens is 558 g/mol. The number of aryl methyl sites for hydroxylation is 1. The van der Waals surface area contributed by atoms with Gasteiger partial charge in [0.1, 0.15) is 6.04 Å². The van der Waals surface area contributed by atoms with Gasteiger partial charge in [-0.1, -0.05) is 56.7 Å². The summed E-state index contributed by atoms with van der Waals surface area (Å²) in [5.74, 6) is -1.42. The molecule has 9 heteroatoms. The lowest BCUT2D eigenvalue weighted by molar-refractivity contribution is -0.145. The minimum atomic E-state index is -0.835. The van der Waals surface area contributed by atoms with Crippen molar-refractivity contribution in [3.8, 4) is 0 Å². The van der Waals surface area contributed by atoms with E-state index in [0.29, 0.717) is 36.6 Å². The maximum atomic E-state index is 14.9. The fourth-order valence-corrected chi connectivity index (χ4v) is 9.84. The van der Waals surface area contributed by atoms with E-state index in [2.05, 4.69) is 13.2 Å². The Morgan fingerprint density at radius 1 is 1.24 bits per heavy atom. The number of fused-ring (bicyclic) bond motifs is 1. The van der Waals surface area contributed by atoms with Crippen LogP contribution in [0, 0.1) is 24.7 Å². The first kappa shape index (κ1) is 31.6. The molecule has 6 atom stereocenters. The van der Waals surface area contributed by atoms with Crippen molar-refractivity contribution >= 4 is 46.8 Å². The number of para-hydroxylation sites is 1. The van der Waals surface area contributed by atoms with Crippen molar-refractivity contribution in [2.75, 3.05) is 31.1 Å². The third-order valence-corrected chi connectivity index (χ3v) is 11.1. The Labute approximate surface area is 254 Å². The van der Waals surface area contributed by atoms with E-state index >= 15 is 0 Å². The zero-order valence-corrected chi connectivity index (χ0v) is 26.3. The van der Waals surface area contributed by atoms with Gasteiger partial charge in [0.15, 0.2) is 0 Å². The lowest BCUT2D eigenvalue weighted by Gasteiger charge is -2.40. The van der Waals surface area contributed by atoms with Gasteiger partial charge < -0.3 is 19.8 Å². The average molecular weight is 602 g/mol. The molecule has 3 amide bonds. The number of hydrogen-bond donors (Lipinski definition) is 1. The van der Waals surface area contributed by atoms with Crippen molar-refractivity contribution in [1.29, 1.82) is 0 Å². The number of benzene rings is 1. The number of thioether (sulfide) groups is 1. The molecule has 0 radical (unpaired) electrons. The highest BCUT2D eigenvalue weighted by Gasteiger charge is 2.74. The summed E-state index contributed by atoms with van der Waals surface area (Å²) in [6.07, 6.45) is 6.16. The molecular formula is C32H44ClN3O4S. The van der Waals surface area contributed by atoms with Crippen molar-refractivity contribution in [2.45, 2.75) is 75.5 Å². The van der Waals surface area contributed by atoms with Crippen molar-refractivity contribution < 1.29 is 19.5 Å². The van der Waals surface area contributed by atoms with Gasteiger partial charge in [-0.05, 0) is 50.2 Å². The first-order chi connectivity index (χ1) is 19.6. The molecule has 224 valence electrons. The van der Waals surface area contributed by atoms with E-state index in [-0.39, 0.29) is 42.0 Å². The van der Waals surface area contributed by atoms with Crippen LogP contribution in [0.15, 0.2) is 43.5 Å². The first-order valence-electron chi connectivity index (χ1n) is 14.8. The van der Waals surface area contributed by atoms with Crippen LogP contribution in [0.2, 0.25) is 5.02 Å². The number of hydrogen-bond acceptors (Lipinski definition) is 5. The molecule has 3 aliphatic rings. The van der Waals surface area contributed by atoms with Gasteiger partial charge in [-0.3, -0.25) is 14.4 Å². The second-order valence-corrected chi connectivity index (χ2v) is 14.0. The molecule has 2 unspecified atom stereocenters. The number of nitrogens with zero attached hydrogens (tertiary/aromatic N) is 3. The Hall–Kier alpha value is -2.29. The van der Waals surface area contributed by atoms with E-state index < -0.39 is 28.7 Å². The van der Waals surface area contributed by atoms with Gasteiger partial charge in [-0.15, -0.1) is 24.9 Å². The van der Waals surface area contributed by atoms with Crippen LogP contribution < -0.4 is 4.90 Å². The average Bonchev–Trinajstić information content (AvgIpc) is 3.57. The third kappa shape index (κ3) is 5.48. The lowest BCUT2D eigenvalue weighted by Crippen LogP contribution is -2.58.